The topological polar surface area (TPSA) is 37.8 Å². The highest BCUT2D eigenvalue weighted by molar-refractivity contribution is 7.98. The molecule has 0 saturated heterocycles. The summed E-state index contributed by atoms with van der Waals surface area (Å²) in [6.45, 7) is 1.84. The molecule has 1 heterocycles. The maximum absolute atomic E-state index is 4.15. The summed E-state index contributed by atoms with van der Waals surface area (Å²) < 4.78 is 0. The van der Waals surface area contributed by atoms with E-state index >= 15 is 0 Å². The van der Waals surface area contributed by atoms with E-state index < -0.39 is 0 Å². The highest BCUT2D eigenvalue weighted by Crippen LogP contribution is 2.01. The van der Waals surface area contributed by atoms with Crippen LogP contribution in [0.5, 0.6) is 0 Å². The lowest BCUT2D eigenvalue weighted by Gasteiger charge is -2.03. The second kappa shape index (κ2) is 8.68. The maximum Gasteiger partial charge on any atom is 0.141 e. The van der Waals surface area contributed by atoms with E-state index in [0.717, 1.165) is 18.9 Å². The van der Waals surface area contributed by atoms with Gasteiger partial charge in [0.25, 0.3) is 0 Å². The monoisotopic (exact) mass is 225 g/mol. The molecule has 0 spiro atoms. The summed E-state index contributed by atoms with van der Waals surface area (Å²) in [4.78, 5) is 8.30. The molecule has 0 atom stereocenters. The van der Waals surface area contributed by atoms with Crippen molar-refractivity contribution in [2.75, 3.05) is 18.6 Å². The van der Waals surface area contributed by atoms with Gasteiger partial charge in [0.2, 0.25) is 0 Å². The van der Waals surface area contributed by atoms with Crippen molar-refractivity contribution in [2.45, 2.75) is 25.8 Å². The van der Waals surface area contributed by atoms with Crippen LogP contribution < -0.4 is 5.32 Å². The number of hydrogen-bond donors (Lipinski definition) is 1. The Morgan fingerprint density at radius 1 is 1.20 bits per heavy atom. The highest BCUT2D eigenvalue weighted by Gasteiger charge is 1.93. The Balaban J connectivity index is 1.93. The molecular weight excluding hydrogens is 206 g/mol. The average molecular weight is 225 g/mol. The van der Waals surface area contributed by atoms with E-state index in [1.807, 2.05) is 17.8 Å². The van der Waals surface area contributed by atoms with E-state index in [1.54, 1.807) is 12.4 Å². The average Bonchev–Trinajstić information content (AvgIpc) is 2.29. The minimum Gasteiger partial charge on any atom is -0.310 e. The van der Waals surface area contributed by atoms with Crippen molar-refractivity contribution < 1.29 is 0 Å². The SMILES string of the molecule is CSCCCCCNCc1ncccn1. The molecule has 0 amide bonds. The van der Waals surface area contributed by atoms with Gasteiger partial charge in [-0.3, -0.25) is 0 Å². The Bertz CT molecular complexity index is 241. The fourth-order valence-electron chi connectivity index (χ4n) is 1.29. The molecule has 1 N–H and O–H groups in total. The van der Waals surface area contributed by atoms with Crippen LogP contribution in [0.4, 0.5) is 0 Å². The van der Waals surface area contributed by atoms with Crippen LogP contribution in [-0.2, 0) is 6.54 Å². The van der Waals surface area contributed by atoms with Crippen LogP contribution in [0, 0.1) is 0 Å². The van der Waals surface area contributed by atoms with Crippen molar-refractivity contribution in [3.05, 3.63) is 24.3 Å². The second-order valence-electron chi connectivity index (χ2n) is 3.40. The number of nitrogens with one attached hydrogen (secondary N) is 1. The maximum atomic E-state index is 4.15. The van der Waals surface area contributed by atoms with Crippen molar-refractivity contribution >= 4 is 11.8 Å². The summed E-state index contributed by atoms with van der Waals surface area (Å²) in [6.07, 6.45) is 9.59. The van der Waals surface area contributed by atoms with E-state index in [0.29, 0.717) is 0 Å². The molecule has 0 aliphatic heterocycles. The van der Waals surface area contributed by atoms with Gasteiger partial charge in [-0.1, -0.05) is 6.42 Å². The third-order valence-electron chi connectivity index (χ3n) is 2.10. The lowest BCUT2D eigenvalue weighted by molar-refractivity contribution is 0.604. The number of nitrogens with zero attached hydrogens (tertiary/aromatic N) is 2. The lowest BCUT2D eigenvalue weighted by Crippen LogP contribution is -2.16. The molecule has 0 unspecified atom stereocenters. The Labute approximate surface area is 96.1 Å². The number of thioether (sulfide) groups is 1. The first kappa shape index (κ1) is 12.5. The van der Waals surface area contributed by atoms with Crippen LogP contribution in [0.1, 0.15) is 25.1 Å². The summed E-state index contributed by atoms with van der Waals surface area (Å²) >= 11 is 1.92. The van der Waals surface area contributed by atoms with Gasteiger partial charge in [-0.25, -0.2) is 9.97 Å². The first-order valence-electron chi connectivity index (χ1n) is 5.39. The first-order valence-corrected chi connectivity index (χ1v) is 6.78. The number of hydrogen-bond acceptors (Lipinski definition) is 4. The predicted molar refractivity (Wildman–Crippen MR) is 66.0 cm³/mol. The normalized spacial score (nSPS) is 10.5. The van der Waals surface area contributed by atoms with Gasteiger partial charge in [-0.15, -0.1) is 0 Å². The first-order chi connectivity index (χ1) is 7.43. The molecule has 0 aliphatic carbocycles. The molecule has 1 rings (SSSR count). The summed E-state index contributed by atoms with van der Waals surface area (Å²) in [5, 5.41) is 3.35. The Morgan fingerprint density at radius 3 is 2.73 bits per heavy atom. The molecule has 3 nitrogen and oxygen atoms in total. The number of aromatic nitrogens is 2. The van der Waals surface area contributed by atoms with Crippen LogP contribution in [-0.4, -0.2) is 28.5 Å². The van der Waals surface area contributed by atoms with Crippen molar-refractivity contribution in [1.82, 2.24) is 15.3 Å². The zero-order valence-electron chi connectivity index (χ0n) is 9.28. The van der Waals surface area contributed by atoms with E-state index in [-0.39, 0.29) is 0 Å². The molecule has 15 heavy (non-hydrogen) atoms. The summed E-state index contributed by atoms with van der Waals surface area (Å²) in [5.41, 5.74) is 0. The smallest absolute Gasteiger partial charge is 0.141 e. The zero-order chi connectivity index (χ0) is 10.8. The minimum absolute atomic E-state index is 0.781. The van der Waals surface area contributed by atoms with Gasteiger partial charge in [0.15, 0.2) is 0 Å². The summed E-state index contributed by atoms with van der Waals surface area (Å²) in [7, 11) is 0. The van der Waals surface area contributed by atoms with Gasteiger partial charge in [-0.2, -0.15) is 11.8 Å². The Morgan fingerprint density at radius 2 is 2.00 bits per heavy atom. The molecule has 1 aromatic rings. The van der Waals surface area contributed by atoms with Gasteiger partial charge in [0, 0.05) is 12.4 Å². The van der Waals surface area contributed by atoms with E-state index in [4.69, 9.17) is 0 Å². The van der Waals surface area contributed by atoms with E-state index in [2.05, 4.69) is 21.5 Å². The van der Waals surface area contributed by atoms with Crippen molar-refractivity contribution in [1.29, 1.82) is 0 Å². The zero-order valence-corrected chi connectivity index (χ0v) is 10.1. The molecule has 0 aromatic carbocycles. The number of unbranched alkanes of at least 4 members (excludes halogenated alkanes) is 2. The van der Waals surface area contributed by atoms with Gasteiger partial charge in [0.1, 0.15) is 5.82 Å². The quantitative estimate of drug-likeness (QED) is 0.688. The Kier molecular flexibility index (Phi) is 7.21. The summed E-state index contributed by atoms with van der Waals surface area (Å²) in [5.74, 6) is 2.16. The van der Waals surface area contributed by atoms with Crippen LogP contribution >= 0.6 is 11.8 Å². The number of rotatable bonds is 8. The highest BCUT2D eigenvalue weighted by atomic mass is 32.2. The summed E-state index contributed by atoms with van der Waals surface area (Å²) in [6, 6.07) is 1.84. The predicted octanol–water partition coefficient (Wildman–Crippen LogP) is 2.10. The molecule has 4 heteroatoms. The fraction of sp³-hybridized carbons (Fsp3) is 0.636. The standard InChI is InChI=1S/C11H19N3S/c1-15-9-4-2-3-6-12-10-11-13-7-5-8-14-11/h5,7-8,12H,2-4,6,9-10H2,1H3. The van der Waals surface area contributed by atoms with E-state index in [9.17, 15) is 0 Å². The van der Waals surface area contributed by atoms with Crippen molar-refractivity contribution in [2.24, 2.45) is 0 Å². The van der Waals surface area contributed by atoms with Crippen molar-refractivity contribution in [3.63, 3.8) is 0 Å². The van der Waals surface area contributed by atoms with Crippen molar-refractivity contribution in [3.8, 4) is 0 Å². The molecule has 0 radical (unpaired) electrons. The molecule has 1 aromatic heterocycles. The van der Waals surface area contributed by atoms with Crippen LogP contribution in [0.3, 0.4) is 0 Å². The largest absolute Gasteiger partial charge is 0.310 e. The molecular formula is C11H19N3S. The molecule has 0 aliphatic rings. The molecule has 84 valence electrons. The van der Waals surface area contributed by atoms with Crippen LogP contribution in [0.2, 0.25) is 0 Å². The third kappa shape index (κ3) is 6.47. The Hall–Kier alpha value is -0.610. The van der Waals surface area contributed by atoms with Gasteiger partial charge in [-0.05, 0) is 37.5 Å². The van der Waals surface area contributed by atoms with Gasteiger partial charge >= 0.3 is 0 Å². The van der Waals surface area contributed by atoms with Crippen LogP contribution in [0.15, 0.2) is 18.5 Å². The molecule has 0 fully saturated rings. The van der Waals surface area contributed by atoms with E-state index in [1.165, 1.54) is 25.0 Å². The minimum atomic E-state index is 0.781. The van der Waals surface area contributed by atoms with Crippen LogP contribution in [0.25, 0.3) is 0 Å². The van der Waals surface area contributed by atoms with Gasteiger partial charge < -0.3 is 5.32 Å². The fourth-order valence-corrected chi connectivity index (χ4v) is 1.79. The molecule has 0 bridgehead atoms. The second-order valence-corrected chi connectivity index (χ2v) is 4.38. The molecule has 0 saturated carbocycles. The van der Waals surface area contributed by atoms with Gasteiger partial charge in [0.05, 0.1) is 6.54 Å². The lowest BCUT2D eigenvalue weighted by atomic mass is 10.2. The third-order valence-corrected chi connectivity index (χ3v) is 2.80.